The van der Waals surface area contributed by atoms with E-state index in [9.17, 15) is 5.26 Å². The van der Waals surface area contributed by atoms with E-state index in [4.69, 9.17) is 13.6 Å². The topological polar surface area (TPSA) is 87.5 Å². The lowest BCUT2D eigenvalue weighted by Gasteiger charge is -2.26. The molecule has 1 aromatic carbocycles. The Kier molecular flexibility index (Phi) is 5.25. The summed E-state index contributed by atoms with van der Waals surface area (Å²) in [6.45, 7) is 0.509. The second-order valence-corrected chi connectivity index (χ2v) is 5.89. The third-order valence-corrected chi connectivity index (χ3v) is 4.04. The summed E-state index contributed by atoms with van der Waals surface area (Å²) in [7, 11) is 5.62. The molecule has 0 saturated heterocycles. The van der Waals surface area contributed by atoms with Crippen LogP contribution in [0.4, 0.5) is 5.88 Å². The third-order valence-electron chi connectivity index (χ3n) is 4.04. The zero-order chi connectivity index (χ0) is 18.5. The van der Waals surface area contributed by atoms with E-state index in [2.05, 4.69) is 15.2 Å². The Morgan fingerprint density at radius 3 is 2.73 bits per heavy atom. The number of nitrogens with zero attached hydrogens (tertiary/aromatic N) is 3. The Morgan fingerprint density at radius 1 is 1.27 bits per heavy atom. The molecule has 0 fully saturated rings. The number of ether oxygens (including phenoxy) is 1. The van der Waals surface area contributed by atoms with Crippen LogP contribution < -0.4 is 10.1 Å². The predicted octanol–water partition coefficient (Wildman–Crippen LogP) is 3.53. The summed E-state index contributed by atoms with van der Waals surface area (Å²) in [6, 6.07) is 13.4. The van der Waals surface area contributed by atoms with Crippen LogP contribution in [0.25, 0.3) is 11.7 Å². The van der Waals surface area contributed by atoms with Crippen molar-refractivity contribution in [3.8, 4) is 23.5 Å². The summed E-state index contributed by atoms with van der Waals surface area (Å²) in [4.78, 5) is 6.25. The van der Waals surface area contributed by atoms with Gasteiger partial charge in [0.05, 0.1) is 19.4 Å². The average Bonchev–Trinajstić information content (AvgIpc) is 3.31. The Balaban J connectivity index is 1.83. The van der Waals surface area contributed by atoms with Crippen LogP contribution in [0.2, 0.25) is 0 Å². The third kappa shape index (κ3) is 3.55. The highest BCUT2D eigenvalue weighted by atomic mass is 16.5. The van der Waals surface area contributed by atoms with Crippen molar-refractivity contribution in [2.45, 2.75) is 6.04 Å². The lowest BCUT2D eigenvalue weighted by molar-refractivity contribution is 0.299. The molecule has 0 aliphatic carbocycles. The fourth-order valence-electron chi connectivity index (χ4n) is 2.72. The van der Waals surface area contributed by atoms with Gasteiger partial charge in [0.25, 0.3) is 5.89 Å². The standard InChI is InChI=1S/C19H20N4O3/c1-23(2)15(13-7-4-5-8-16(13)24-3)12-21-18-14(11-20)22-19(26-18)17-9-6-10-25-17/h4-10,15,21H,12H2,1-3H3/t15-/m0/s1. The molecule has 0 saturated carbocycles. The molecule has 0 aliphatic rings. The maximum Gasteiger partial charge on any atom is 0.266 e. The number of hydrogen-bond donors (Lipinski definition) is 1. The monoisotopic (exact) mass is 352 g/mol. The number of anilines is 1. The number of aromatic nitrogens is 1. The quantitative estimate of drug-likeness (QED) is 0.696. The van der Waals surface area contributed by atoms with Crippen molar-refractivity contribution in [1.82, 2.24) is 9.88 Å². The largest absolute Gasteiger partial charge is 0.496 e. The molecule has 0 unspecified atom stereocenters. The fraction of sp³-hybridized carbons (Fsp3) is 0.263. The lowest BCUT2D eigenvalue weighted by atomic mass is 10.0. The van der Waals surface area contributed by atoms with Crippen LogP contribution >= 0.6 is 0 Å². The van der Waals surface area contributed by atoms with Gasteiger partial charge < -0.3 is 23.8 Å². The first-order chi connectivity index (χ1) is 12.6. The molecule has 3 rings (SSSR count). The molecule has 0 bridgehead atoms. The first-order valence-corrected chi connectivity index (χ1v) is 8.12. The molecule has 2 heterocycles. The van der Waals surface area contributed by atoms with E-state index >= 15 is 0 Å². The Hall–Kier alpha value is -3.24. The zero-order valence-electron chi connectivity index (χ0n) is 14.9. The summed E-state index contributed by atoms with van der Waals surface area (Å²) in [5.41, 5.74) is 1.23. The van der Waals surface area contributed by atoms with Crippen LogP contribution in [-0.2, 0) is 0 Å². The first kappa shape index (κ1) is 17.6. The number of hydrogen-bond acceptors (Lipinski definition) is 7. The van der Waals surface area contributed by atoms with E-state index in [1.54, 1.807) is 19.2 Å². The van der Waals surface area contributed by atoms with E-state index in [1.807, 2.05) is 44.4 Å². The minimum Gasteiger partial charge on any atom is -0.496 e. The van der Waals surface area contributed by atoms with Crippen molar-refractivity contribution in [2.75, 3.05) is 33.1 Å². The van der Waals surface area contributed by atoms with E-state index in [1.165, 1.54) is 6.26 Å². The molecule has 0 aliphatic heterocycles. The molecule has 2 aromatic heterocycles. The number of oxazole rings is 1. The number of para-hydroxylation sites is 1. The Morgan fingerprint density at radius 2 is 2.08 bits per heavy atom. The number of likely N-dealkylation sites (N-methyl/N-ethyl adjacent to an activating group) is 1. The second-order valence-electron chi connectivity index (χ2n) is 5.89. The van der Waals surface area contributed by atoms with Crippen LogP contribution in [0, 0.1) is 11.3 Å². The van der Waals surface area contributed by atoms with Gasteiger partial charge in [0.1, 0.15) is 11.8 Å². The van der Waals surface area contributed by atoms with Crippen molar-refractivity contribution in [1.29, 1.82) is 5.26 Å². The summed E-state index contributed by atoms with van der Waals surface area (Å²) in [5.74, 6) is 1.87. The molecule has 0 spiro atoms. The van der Waals surface area contributed by atoms with Gasteiger partial charge >= 0.3 is 0 Å². The van der Waals surface area contributed by atoms with Gasteiger partial charge in [0.2, 0.25) is 11.6 Å². The van der Waals surface area contributed by atoms with Gasteiger partial charge in [-0.3, -0.25) is 0 Å². The molecule has 1 atom stereocenters. The number of benzene rings is 1. The fourth-order valence-corrected chi connectivity index (χ4v) is 2.72. The zero-order valence-corrected chi connectivity index (χ0v) is 14.9. The molecule has 26 heavy (non-hydrogen) atoms. The summed E-state index contributed by atoms with van der Waals surface area (Å²) in [6.07, 6.45) is 1.53. The predicted molar refractivity (Wildman–Crippen MR) is 96.8 cm³/mol. The van der Waals surface area contributed by atoms with Gasteiger partial charge in [-0.2, -0.15) is 10.2 Å². The SMILES string of the molecule is COc1ccccc1[C@H](CNc1oc(-c2ccco2)nc1C#N)N(C)C. The van der Waals surface area contributed by atoms with Gasteiger partial charge in [-0.05, 0) is 32.3 Å². The van der Waals surface area contributed by atoms with Crippen LogP contribution in [0.15, 0.2) is 51.5 Å². The number of methoxy groups -OCH3 is 1. The summed E-state index contributed by atoms with van der Waals surface area (Å²) >= 11 is 0. The van der Waals surface area contributed by atoms with E-state index < -0.39 is 0 Å². The highest BCUT2D eigenvalue weighted by Crippen LogP contribution is 2.30. The van der Waals surface area contributed by atoms with E-state index in [0.29, 0.717) is 18.2 Å². The lowest BCUT2D eigenvalue weighted by Crippen LogP contribution is -2.27. The van der Waals surface area contributed by atoms with Gasteiger partial charge in [-0.1, -0.05) is 18.2 Å². The molecule has 134 valence electrons. The maximum absolute atomic E-state index is 9.33. The minimum atomic E-state index is 0.00913. The smallest absolute Gasteiger partial charge is 0.266 e. The molecular formula is C19H20N4O3. The average molecular weight is 352 g/mol. The summed E-state index contributed by atoms with van der Waals surface area (Å²) < 4.78 is 16.4. The van der Waals surface area contributed by atoms with Crippen LogP contribution in [0.3, 0.4) is 0 Å². The highest BCUT2D eigenvalue weighted by molar-refractivity contribution is 5.54. The normalized spacial score (nSPS) is 12.0. The van der Waals surface area contributed by atoms with E-state index in [0.717, 1.165) is 11.3 Å². The van der Waals surface area contributed by atoms with Gasteiger partial charge in [0.15, 0.2) is 5.76 Å². The number of furan rings is 1. The van der Waals surface area contributed by atoms with E-state index in [-0.39, 0.29) is 17.6 Å². The molecule has 0 amide bonds. The van der Waals surface area contributed by atoms with Crippen molar-refractivity contribution in [2.24, 2.45) is 0 Å². The van der Waals surface area contributed by atoms with Gasteiger partial charge in [-0.15, -0.1) is 0 Å². The first-order valence-electron chi connectivity index (χ1n) is 8.12. The maximum atomic E-state index is 9.33. The number of rotatable bonds is 7. The Bertz CT molecular complexity index is 894. The summed E-state index contributed by atoms with van der Waals surface area (Å²) in [5, 5.41) is 12.5. The molecule has 0 radical (unpaired) electrons. The van der Waals surface area contributed by atoms with Crippen LogP contribution in [0.1, 0.15) is 17.3 Å². The van der Waals surface area contributed by atoms with Crippen LogP contribution in [0.5, 0.6) is 5.75 Å². The van der Waals surface area contributed by atoms with Crippen molar-refractivity contribution < 1.29 is 13.6 Å². The van der Waals surface area contributed by atoms with Gasteiger partial charge in [-0.25, -0.2) is 0 Å². The number of nitriles is 1. The molecule has 7 nitrogen and oxygen atoms in total. The Labute approximate surface area is 151 Å². The molecular weight excluding hydrogens is 332 g/mol. The molecule has 7 heteroatoms. The second kappa shape index (κ2) is 7.76. The highest BCUT2D eigenvalue weighted by Gasteiger charge is 2.21. The molecule has 3 aromatic rings. The van der Waals surface area contributed by atoms with Crippen molar-refractivity contribution >= 4 is 5.88 Å². The van der Waals surface area contributed by atoms with Crippen LogP contribution in [-0.4, -0.2) is 37.6 Å². The van der Waals surface area contributed by atoms with Gasteiger partial charge in [0, 0.05) is 12.1 Å². The molecule has 1 N–H and O–H groups in total. The number of nitrogens with one attached hydrogen (secondary N) is 1. The van der Waals surface area contributed by atoms with Crippen molar-refractivity contribution in [3.05, 3.63) is 53.9 Å². The minimum absolute atomic E-state index is 0.00913. The van der Waals surface area contributed by atoms with Crippen molar-refractivity contribution in [3.63, 3.8) is 0 Å².